The average molecular weight is 477 g/mol. The zero-order valence-corrected chi connectivity index (χ0v) is 20.3. The molecule has 3 aromatic heterocycles. The summed E-state index contributed by atoms with van der Waals surface area (Å²) in [6.07, 6.45) is 8.35. The second-order valence-corrected chi connectivity index (χ2v) is 9.24. The second kappa shape index (κ2) is 10.4. The minimum Gasteiger partial charge on any atom is -0.497 e. The topological polar surface area (TPSA) is 102 Å². The average Bonchev–Trinajstić information content (AvgIpc) is 3.57. The third-order valence-electron chi connectivity index (χ3n) is 7.06. The van der Waals surface area contributed by atoms with E-state index in [4.69, 9.17) is 9.15 Å². The van der Waals surface area contributed by atoms with Crippen LogP contribution in [0.25, 0.3) is 10.9 Å². The fraction of sp³-hybridized carbons (Fsp3) is 0.462. The quantitative estimate of drug-likeness (QED) is 0.381. The van der Waals surface area contributed by atoms with E-state index < -0.39 is 0 Å². The summed E-state index contributed by atoms with van der Waals surface area (Å²) in [5.41, 5.74) is 1.48. The van der Waals surface area contributed by atoms with Gasteiger partial charge >= 0.3 is 0 Å². The molecule has 0 spiro atoms. The van der Waals surface area contributed by atoms with Gasteiger partial charge in [-0.05, 0) is 66.1 Å². The van der Waals surface area contributed by atoms with E-state index >= 15 is 0 Å². The molecular weight excluding hydrogens is 444 g/mol. The first-order chi connectivity index (χ1) is 17.2. The third kappa shape index (κ3) is 5.00. The molecule has 4 aromatic rings. The van der Waals surface area contributed by atoms with Crippen LogP contribution in [0.5, 0.6) is 5.75 Å². The van der Waals surface area contributed by atoms with Crippen molar-refractivity contribution in [3.8, 4) is 5.75 Å². The Morgan fingerprint density at radius 1 is 1.23 bits per heavy atom. The van der Waals surface area contributed by atoms with Crippen molar-refractivity contribution in [2.45, 2.75) is 70.6 Å². The molecule has 1 aliphatic rings. The van der Waals surface area contributed by atoms with Gasteiger partial charge in [0.05, 0.1) is 19.4 Å². The number of furan rings is 1. The first kappa shape index (κ1) is 23.3. The fourth-order valence-electron chi connectivity index (χ4n) is 5.26. The number of fused-ring (bicyclic) bond motifs is 1. The van der Waals surface area contributed by atoms with Crippen molar-refractivity contribution in [3.63, 3.8) is 0 Å². The van der Waals surface area contributed by atoms with Crippen LogP contribution >= 0.6 is 0 Å². The summed E-state index contributed by atoms with van der Waals surface area (Å²) in [7, 11) is 1.65. The van der Waals surface area contributed by atoms with Crippen LogP contribution in [-0.4, -0.2) is 43.2 Å². The van der Waals surface area contributed by atoms with Gasteiger partial charge in [0, 0.05) is 29.1 Å². The van der Waals surface area contributed by atoms with E-state index in [1.165, 1.54) is 19.3 Å². The van der Waals surface area contributed by atoms with Crippen LogP contribution < -0.4 is 10.3 Å². The van der Waals surface area contributed by atoms with Crippen molar-refractivity contribution in [3.05, 3.63) is 70.2 Å². The molecule has 9 heteroatoms. The van der Waals surface area contributed by atoms with Gasteiger partial charge in [-0.25, -0.2) is 4.68 Å². The Balaban J connectivity index is 1.51. The Morgan fingerprint density at radius 3 is 2.83 bits per heavy atom. The van der Waals surface area contributed by atoms with Crippen LogP contribution in [0.1, 0.15) is 68.6 Å². The molecule has 1 saturated carbocycles. The predicted molar refractivity (Wildman–Crippen MR) is 132 cm³/mol. The summed E-state index contributed by atoms with van der Waals surface area (Å²) < 4.78 is 12.7. The molecule has 9 nitrogen and oxygen atoms in total. The highest BCUT2D eigenvalue weighted by molar-refractivity contribution is 5.80. The largest absolute Gasteiger partial charge is 0.497 e. The fourth-order valence-corrected chi connectivity index (χ4v) is 5.26. The van der Waals surface area contributed by atoms with Gasteiger partial charge in [-0.15, -0.1) is 5.10 Å². The number of H-pyrrole nitrogens is 1. The smallest absolute Gasteiger partial charge is 0.252 e. The van der Waals surface area contributed by atoms with Gasteiger partial charge in [0.1, 0.15) is 18.1 Å². The Kier molecular flexibility index (Phi) is 6.94. The van der Waals surface area contributed by atoms with Crippen molar-refractivity contribution < 1.29 is 9.15 Å². The van der Waals surface area contributed by atoms with Gasteiger partial charge in [-0.2, -0.15) is 0 Å². The van der Waals surface area contributed by atoms with Gasteiger partial charge in [0.15, 0.2) is 5.82 Å². The highest BCUT2D eigenvalue weighted by atomic mass is 16.5. The number of tetrazole rings is 1. The van der Waals surface area contributed by atoms with Gasteiger partial charge in [0.2, 0.25) is 0 Å². The van der Waals surface area contributed by atoms with Crippen molar-refractivity contribution >= 4 is 10.9 Å². The molecule has 0 bridgehead atoms. The lowest BCUT2D eigenvalue weighted by molar-refractivity contribution is 0.0842. The maximum Gasteiger partial charge on any atom is 0.252 e. The number of hydrogen-bond donors (Lipinski definition) is 1. The molecule has 0 amide bonds. The predicted octanol–water partition coefficient (Wildman–Crippen LogP) is 4.45. The van der Waals surface area contributed by atoms with E-state index in [1.54, 1.807) is 13.4 Å². The highest BCUT2D eigenvalue weighted by Gasteiger charge is 2.32. The van der Waals surface area contributed by atoms with E-state index in [1.807, 2.05) is 41.1 Å². The zero-order chi connectivity index (χ0) is 24.2. The summed E-state index contributed by atoms with van der Waals surface area (Å²) in [5.74, 6) is 2.37. The van der Waals surface area contributed by atoms with Crippen LogP contribution in [0.15, 0.2) is 51.9 Å². The third-order valence-corrected chi connectivity index (χ3v) is 7.06. The first-order valence-corrected chi connectivity index (χ1v) is 12.4. The molecule has 35 heavy (non-hydrogen) atoms. The molecule has 0 saturated heterocycles. The second-order valence-electron chi connectivity index (χ2n) is 9.24. The van der Waals surface area contributed by atoms with E-state index in [0.29, 0.717) is 19.1 Å². The van der Waals surface area contributed by atoms with Crippen molar-refractivity contribution in [2.75, 3.05) is 7.11 Å². The summed E-state index contributed by atoms with van der Waals surface area (Å²) in [4.78, 5) is 18.6. The molecule has 1 fully saturated rings. The summed E-state index contributed by atoms with van der Waals surface area (Å²) >= 11 is 0. The molecule has 184 valence electrons. The minimum atomic E-state index is -0.0616. The number of methoxy groups -OCH3 is 1. The number of rotatable bonds is 9. The molecule has 1 atom stereocenters. The molecule has 5 rings (SSSR count). The molecule has 1 aromatic carbocycles. The van der Waals surface area contributed by atoms with Crippen LogP contribution in [0.2, 0.25) is 0 Å². The Hall–Kier alpha value is -3.46. The zero-order valence-electron chi connectivity index (χ0n) is 20.3. The molecule has 3 heterocycles. The lowest BCUT2D eigenvalue weighted by Gasteiger charge is -2.39. The lowest BCUT2D eigenvalue weighted by atomic mass is 9.92. The Bertz CT molecular complexity index is 1310. The minimum absolute atomic E-state index is 0.0246. The number of aromatic nitrogens is 5. The number of nitrogens with zero attached hydrogens (tertiary/aromatic N) is 5. The monoisotopic (exact) mass is 476 g/mol. The van der Waals surface area contributed by atoms with E-state index in [9.17, 15) is 4.79 Å². The Labute approximate surface area is 204 Å². The van der Waals surface area contributed by atoms with E-state index in [2.05, 4.69) is 32.3 Å². The van der Waals surface area contributed by atoms with Gasteiger partial charge in [-0.3, -0.25) is 9.69 Å². The number of pyridine rings is 1. The molecule has 0 unspecified atom stereocenters. The van der Waals surface area contributed by atoms with Crippen LogP contribution in [-0.2, 0) is 13.1 Å². The normalized spacial score (nSPS) is 15.6. The number of hydrogen-bond acceptors (Lipinski definition) is 7. The number of aromatic amines is 1. The summed E-state index contributed by atoms with van der Waals surface area (Å²) in [5, 5.41) is 13.6. The SMILES string of the molecule is CC[C@@H](c1nnnn1Cc1ccco1)N(Cc1cc2cc(OC)ccc2[nH]c1=O)C1CCCCC1. The van der Waals surface area contributed by atoms with Gasteiger partial charge < -0.3 is 14.1 Å². The molecule has 1 N–H and O–H groups in total. The molecule has 1 aliphatic carbocycles. The summed E-state index contributed by atoms with van der Waals surface area (Å²) in [6, 6.07) is 11.8. The standard InChI is InChI=1S/C26H32N6O3/c1-3-24(25-28-29-30-32(25)17-22-10-7-13-35-22)31(20-8-5-4-6-9-20)16-19-14-18-15-21(34-2)11-12-23(18)27-26(19)33/h7,10-15,20,24H,3-6,8-9,16-17H2,1-2H3,(H,27,33)/t24-/m0/s1. The molecule has 0 radical (unpaired) electrons. The Morgan fingerprint density at radius 2 is 2.09 bits per heavy atom. The molecule has 0 aliphatic heterocycles. The van der Waals surface area contributed by atoms with E-state index in [-0.39, 0.29) is 11.6 Å². The number of ether oxygens (including phenoxy) is 1. The summed E-state index contributed by atoms with van der Waals surface area (Å²) in [6.45, 7) is 3.15. The number of benzene rings is 1. The van der Waals surface area contributed by atoms with Crippen molar-refractivity contribution in [1.29, 1.82) is 0 Å². The van der Waals surface area contributed by atoms with Crippen molar-refractivity contribution in [2.24, 2.45) is 0 Å². The van der Waals surface area contributed by atoms with Crippen LogP contribution in [0, 0.1) is 0 Å². The van der Waals surface area contributed by atoms with Gasteiger partial charge in [-0.1, -0.05) is 26.2 Å². The maximum atomic E-state index is 13.1. The molecular formula is C26H32N6O3. The highest BCUT2D eigenvalue weighted by Crippen LogP contribution is 2.33. The maximum absolute atomic E-state index is 13.1. The van der Waals surface area contributed by atoms with Crippen LogP contribution in [0.3, 0.4) is 0 Å². The lowest BCUT2D eigenvalue weighted by Crippen LogP contribution is -2.41. The number of nitrogens with one attached hydrogen (secondary N) is 1. The van der Waals surface area contributed by atoms with E-state index in [0.717, 1.165) is 53.1 Å². The van der Waals surface area contributed by atoms with Crippen LogP contribution in [0.4, 0.5) is 0 Å². The van der Waals surface area contributed by atoms with Crippen molar-refractivity contribution in [1.82, 2.24) is 30.1 Å². The first-order valence-electron chi connectivity index (χ1n) is 12.4. The van der Waals surface area contributed by atoms with Gasteiger partial charge in [0.25, 0.3) is 5.56 Å².